The SMILES string of the molecule is Cc1ccccc1Cn1cnc(NS(=O)(=O)c2cn(C)nc2C)n1. The zero-order valence-corrected chi connectivity index (χ0v) is 14.4. The van der Waals surface area contributed by atoms with E-state index in [9.17, 15) is 8.42 Å². The second kappa shape index (κ2) is 6.08. The zero-order chi connectivity index (χ0) is 17.3. The number of aromatic nitrogens is 5. The smallest absolute Gasteiger partial charge is 0.267 e. The average molecular weight is 346 g/mol. The minimum Gasteiger partial charge on any atom is -0.274 e. The fraction of sp³-hybridized carbons (Fsp3) is 0.267. The molecule has 0 aliphatic heterocycles. The molecule has 9 heteroatoms. The molecule has 0 unspecified atom stereocenters. The van der Waals surface area contributed by atoms with E-state index in [1.54, 1.807) is 18.7 Å². The summed E-state index contributed by atoms with van der Waals surface area (Å²) < 4.78 is 30.2. The molecule has 126 valence electrons. The predicted octanol–water partition coefficient (Wildman–Crippen LogP) is 1.48. The van der Waals surface area contributed by atoms with Crippen molar-refractivity contribution < 1.29 is 8.42 Å². The Morgan fingerprint density at radius 3 is 2.58 bits per heavy atom. The van der Waals surface area contributed by atoms with Gasteiger partial charge in [-0.25, -0.2) is 17.8 Å². The van der Waals surface area contributed by atoms with E-state index in [2.05, 4.69) is 19.9 Å². The third-order valence-electron chi connectivity index (χ3n) is 3.61. The molecule has 0 saturated heterocycles. The van der Waals surface area contributed by atoms with Gasteiger partial charge in [0.1, 0.15) is 11.2 Å². The Hall–Kier alpha value is -2.68. The summed E-state index contributed by atoms with van der Waals surface area (Å²) in [6, 6.07) is 7.94. The van der Waals surface area contributed by atoms with Crippen LogP contribution in [0, 0.1) is 13.8 Å². The van der Waals surface area contributed by atoms with Gasteiger partial charge in [-0.15, -0.1) is 5.10 Å². The molecular weight excluding hydrogens is 328 g/mol. The fourth-order valence-electron chi connectivity index (χ4n) is 2.40. The van der Waals surface area contributed by atoms with Crippen LogP contribution in [0.3, 0.4) is 0 Å². The van der Waals surface area contributed by atoms with Gasteiger partial charge in [0, 0.05) is 13.2 Å². The molecule has 2 heterocycles. The van der Waals surface area contributed by atoms with Crippen molar-refractivity contribution in [1.29, 1.82) is 0 Å². The highest BCUT2D eigenvalue weighted by Gasteiger charge is 2.21. The van der Waals surface area contributed by atoms with Gasteiger partial charge in [-0.3, -0.25) is 4.68 Å². The number of nitrogens with zero attached hydrogens (tertiary/aromatic N) is 5. The molecular formula is C15H18N6O2S. The van der Waals surface area contributed by atoms with Crippen molar-refractivity contribution >= 4 is 16.0 Å². The van der Waals surface area contributed by atoms with E-state index in [1.165, 1.54) is 17.2 Å². The highest BCUT2D eigenvalue weighted by molar-refractivity contribution is 7.92. The normalized spacial score (nSPS) is 11.6. The first-order chi connectivity index (χ1) is 11.3. The number of hydrogen-bond donors (Lipinski definition) is 1. The molecule has 0 bridgehead atoms. The molecule has 1 aromatic carbocycles. The maximum atomic E-state index is 12.4. The molecule has 0 fully saturated rings. The highest BCUT2D eigenvalue weighted by Crippen LogP contribution is 2.16. The maximum absolute atomic E-state index is 12.4. The number of aryl methyl sites for hydroxylation is 3. The number of anilines is 1. The zero-order valence-electron chi connectivity index (χ0n) is 13.6. The first-order valence-electron chi connectivity index (χ1n) is 7.32. The van der Waals surface area contributed by atoms with Crippen LogP contribution in [0.1, 0.15) is 16.8 Å². The van der Waals surface area contributed by atoms with Crippen molar-refractivity contribution in [1.82, 2.24) is 24.5 Å². The van der Waals surface area contributed by atoms with Gasteiger partial charge in [0.15, 0.2) is 0 Å². The molecule has 0 aliphatic carbocycles. The lowest BCUT2D eigenvalue weighted by molar-refractivity contribution is 0.600. The van der Waals surface area contributed by atoms with Crippen molar-refractivity contribution in [3.63, 3.8) is 0 Å². The lowest BCUT2D eigenvalue weighted by atomic mass is 10.1. The third kappa shape index (κ3) is 3.30. The van der Waals surface area contributed by atoms with Crippen LogP contribution in [0.2, 0.25) is 0 Å². The van der Waals surface area contributed by atoms with Gasteiger partial charge < -0.3 is 0 Å². The second-order valence-corrected chi connectivity index (χ2v) is 7.20. The molecule has 1 N–H and O–H groups in total. The van der Waals surface area contributed by atoms with Gasteiger partial charge >= 0.3 is 0 Å². The molecule has 0 atom stereocenters. The van der Waals surface area contributed by atoms with E-state index in [0.29, 0.717) is 12.2 Å². The summed E-state index contributed by atoms with van der Waals surface area (Å²) in [5.74, 6) is 0.0341. The van der Waals surface area contributed by atoms with Crippen LogP contribution in [0.25, 0.3) is 0 Å². The van der Waals surface area contributed by atoms with Crippen LogP contribution in [0.5, 0.6) is 0 Å². The Bertz CT molecular complexity index is 974. The molecule has 2 aromatic heterocycles. The quantitative estimate of drug-likeness (QED) is 0.755. The molecule has 24 heavy (non-hydrogen) atoms. The van der Waals surface area contributed by atoms with Gasteiger partial charge in [0.25, 0.3) is 16.0 Å². The minimum atomic E-state index is -3.76. The molecule has 3 aromatic rings. The summed E-state index contributed by atoms with van der Waals surface area (Å²) in [6.45, 7) is 4.17. The Kier molecular flexibility index (Phi) is 4.10. The molecule has 0 spiro atoms. The van der Waals surface area contributed by atoms with Crippen molar-refractivity contribution in [2.45, 2.75) is 25.3 Å². The van der Waals surface area contributed by atoms with E-state index in [-0.39, 0.29) is 10.8 Å². The maximum Gasteiger partial charge on any atom is 0.267 e. The van der Waals surface area contributed by atoms with Crippen LogP contribution in [-0.4, -0.2) is 33.0 Å². The number of nitrogens with one attached hydrogen (secondary N) is 1. The number of benzene rings is 1. The summed E-state index contributed by atoms with van der Waals surface area (Å²) in [4.78, 5) is 4.13. The number of sulfonamides is 1. The number of hydrogen-bond acceptors (Lipinski definition) is 5. The largest absolute Gasteiger partial charge is 0.274 e. The molecule has 0 saturated carbocycles. The molecule has 8 nitrogen and oxygen atoms in total. The monoisotopic (exact) mass is 346 g/mol. The van der Waals surface area contributed by atoms with Crippen LogP contribution in [-0.2, 0) is 23.6 Å². The summed E-state index contributed by atoms with van der Waals surface area (Å²) in [5, 5.41) is 8.22. The average Bonchev–Trinajstić information content (AvgIpc) is 3.07. The summed E-state index contributed by atoms with van der Waals surface area (Å²) in [7, 11) is -2.09. The van der Waals surface area contributed by atoms with Crippen LogP contribution < -0.4 is 4.72 Å². The summed E-state index contributed by atoms with van der Waals surface area (Å²) in [6.07, 6.45) is 2.95. The molecule has 0 aliphatic rings. The van der Waals surface area contributed by atoms with E-state index < -0.39 is 10.0 Å². The first kappa shape index (κ1) is 16.2. The summed E-state index contributed by atoms with van der Waals surface area (Å²) >= 11 is 0. The van der Waals surface area contributed by atoms with Crippen LogP contribution in [0.4, 0.5) is 5.95 Å². The third-order valence-corrected chi connectivity index (χ3v) is 5.04. The Labute approximate surface area is 140 Å². The lowest BCUT2D eigenvalue weighted by Crippen LogP contribution is -2.15. The van der Waals surface area contributed by atoms with Crippen molar-refractivity contribution in [2.75, 3.05) is 4.72 Å². The highest BCUT2D eigenvalue weighted by atomic mass is 32.2. The summed E-state index contributed by atoms with van der Waals surface area (Å²) in [5.41, 5.74) is 2.66. The van der Waals surface area contributed by atoms with Gasteiger partial charge in [-0.05, 0) is 25.0 Å². The Morgan fingerprint density at radius 2 is 1.92 bits per heavy atom. The van der Waals surface area contributed by atoms with E-state index in [4.69, 9.17) is 0 Å². The first-order valence-corrected chi connectivity index (χ1v) is 8.80. The van der Waals surface area contributed by atoms with Gasteiger partial charge in [0.05, 0.1) is 12.2 Å². The lowest BCUT2D eigenvalue weighted by Gasteiger charge is -2.05. The molecule has 0 amide bonds. The van der Waals surface area contributed by atoms with E-state index in [1.807, 2.05) is 31.2 Å². The second-order valence-electron chi connectivity index (χ2n) is 5.55. The van der Waals surface area contributed by atoms with E-state index in [0.717, 1.165) is 11.1 Å². The van der Waals surface area contributed by atoms with Crippen molar-refractivity contribution in [3.05, 3.63) is 53.6 Å². The van der Waals surface area contributed by atoms with Crippen LogP contribution >= 0.6 is 0 Å². The van der Waals surface area contributed by atoms with Gasteiger partial charge in [0.2, 0.25) is 0 Å². The fourth-order valence-corrected chi connectivity index (χ4v) is 3.56. The molecule has 3 rings (SSSR count). The van der Waals surface area contributed by atoms with Crippen molar-refractivity contribution in [3.8, 4) is 0 Å². The predicted molar refractivity (Wildman–Crippen MR) is 89.1 cm³/mol. The Morgan fingerprint density at radius 1 is 1.17 bits per heavy atom. The van der Waals surface area contributed by atoms with Crippen molar-refractivity contribution in [2.24, 2.45) is 7.05 Å². The standard InChI is InChI=1S/C15H18N6O2S/c1-11-6-4-5-7-13(11)8-21-10-16-15(18-21)19-24(22,23)14-9-20(3)17-12(14)2/h4-7,9-10H,8H2,1-3H3,(H,18,19). The number of rotatable bonds is 5. The van der Waals surface area contributed by atoms with Crippen LogP contribution in [0.15, 0.2) is 41.7 Å². The van der Waals surface area contributed by atoms with Gasteiger partial charge in [-0.2, -0.15) is 10.1 Å². The van der Waals surface area contributed by atoms with E-state index >= 15 is 0 Å². The molecule has 0 radical (unpaired) electrons. The van der Waals surface area contributed by atoms with Gasteiger partial charge in [-0.1, -0.05) is 24.3 Å². The topological polar surface area (TPSA) is 94.7 Å². The minimum absolute atomic E-state index is 0.0341. The Balaban J connectivity index is 1.79.